The lowest BCUT2D eigenvalue weighted by molar-refractivity contribution is 0.0743. The predicted molar refractivity (Wildman–Crippen MR) is 106 cm³/mol. The van der Waals surface area contributed by atoms with Gasteiger partial charge in [0.1, 0.15) is 0 Å². The van der Waals surface area contributed by atoms with E-state index in [1.54, 1.807) is 28.6 Å². The van der Waals surface area contributed by atoms with Gasteiger partial charge in [0.2, 0.25) is 10.0 Å². The topological polar surface area (TPSA) is 83.7 Å². The molecule has 7 heteroatoms. The Balaban J connectivity index is 1.76. The maximum Gasteiger partial charge on any atom is 0.254 e. The fourth-order valence-electron chi connectivity index (χ4n) is 4.48. The van der Waals surface area contributed by atoms with Crippen molar-refractivity contribution in [1.82, 2.24) is 9.21 Å². The maximum absolute atomic E-state index is 13.0. The van der Waals surface area contributed by atoms with Crippen LogP contribution in [-0.4, -0.2) is 55.8 Å². The Labute approximate surface area is 162 Å². The summed E-state index contributed by atoms with van der Waals surface area (Å²) in [6.07, 6.45) is 1.97. The second-order valence-corrected chi connectivity index (χ2v) is 10.4. The first-order valence-corrected chi connectivity index (χ1v) is 11.3. The third-order valence-electron chi connectivity index (χ3n) is 5.83. The zero-order valence-electron chi connectivity index (χ0n) is 16.5. The van der Waals surface area contributed by atoms with Crippen molar-refractivity contribution in [2.45, 2.75) is 44.6 Å². The number of amides is 1. The molecule has 0 aromatic heterocycles. The number of benzene rings is 1. The minimum Gasteiger partial charge on any atom is -0.336 e. The number of carbonyl (C=O) groups is 1. The lowest BCUT2D eigenvalue weighted by Crippen LogP contribution is -2.42. The largest absolute Gasteiger partial charge is 0.336 e. The molecule has 1 amide bonds. The Morgan fingerprint density at radius 2 is 1.63 bits per heavy atom. The number of nitrogens with zero attached hydrogens (tertiary/aromatic N) is 2. The molecule has 2 N–H and O–H groups in total. The van der Waals surface area contributed by atoms with Gasteiger partial charge in [-0.3, -0.25) is 4.79 Å². The van der Waals surface area contributed by atoms with Gasteiger partial charge in [-0.15, -0.1) is 0 Å². The first-order chi connectivity index (χ1) is 12.7. The summed E-state index contributed by atoms with van der Waals surface area (Å²) in [5.41, 5.74) is 6.27. The molecule has 2 aliphatic heterocycles. The quantitative estimate of drug-likeness (QED) is 0.850. The number of rotatable bonds is 4. The normalized spacial score (nSPS) is 29.9. The number of piperidine rings is 1. The molecule has 0 radical (unpaired) electrons. The van der Waals surface area contributed by atoms with E-state index in [0.29, 0.717) is 49.5 Å². The van der Waals surface area contributed by atoms with Gasteiger partial charge in [0.25, 0.3) is 5.91 Å². The van der Waals surface area contributed by atoms with Gasteiger partial charge < -0.3 is 10.6 Å². The third-order valence-corrected chi connectivity index (χ3v) is 7.68. The Hall–Kier alpha value is -1.44. The molecule has 0 saturated carbocycles. The van der Waals surface area contributed by atoms with Crippen molar-refractivity contribution in [3.05, 3.63) is 29.8 Å². The summed E-state index contributed by atoms with van der Waals surface area (Å²) in [5, 5.41) is 0. The highest BCUT2D eigenvalue weighted by Gasteiger charge is 2.33. The first-order valence-electron chi connectivity index (χ1n) is 9.83. The molecule has 2 heterocycles. The minimum absolute atomic E-state index is 0.0531. The number of carbonyl (C=O) groups excluding carboxylic acids is 1. The van der Waals surface area contributed by atoms with Crippen LogP contribution < -0.4 is 5.73 Å². The number of nitrogens with two attached hydrogens (primary N) is 1. The molecular weight excluding hydrogens is 362 g/mol. The highest BCUT2D eigenvalue weighted by molar-refractivity contribution is 7.89. The van der Waals surface area contributed by atoms with Crippen LogP contribution >= 0.6 is 0 Å². The van der Waals surface area contributed by atoms with Crippen molar-refractivity contribution in [2.24, 2.45) is 23.5 Å². The zero-order valence-corrected chi connectivity index (χ0v) is 17.3. The van der Waals surface area contributed by atoms with E-state index in [2.05, 4.69) is 13.8 Å². The van der Waals surface area contributed by atoms with Gasteiger partial charge in [-0.25, -0.2) is 8.42 Å². The molecule has 6 nitrogen and oxygen atoms in total. The number of sulfonamides is 1. The molecule has 0 aliphatic carbocycles. The molecule has 27 heavy (non-hydrogen) atoms. The van der Waals surface area contributed by atoms with Crippen LogP contribution in [0.5, 0.6) is 0 Å². The van der Waals surface area contributed by atoms with Crippen molar-refractivity contribution < 1.29 is 13.2 Å². The Morgan fingerprint density at radius 3 is 2.15 bits per heavy atom. The Morgan fingerprint density at radius 1 is 1.04 bits per heavy atom. The van der Waals surface area contributed by atoms with Gasteiger partial charge in [-0.05, 0) is 68.3 Å². The van der Waals surface area contributed by atoms with Crippen molar-refractivity contribution in [3.63, 3.8) is 0 Å². The van der Waals surface area contributed by atoms with E-state index in [-0.39, 0.29) is 16.8 Å². The van der Waals surface area contributed by atoms with Crippen LogP contribution in [0.3, 0.4) is 0 Å². The lowest BCUT2D eigenvalue weighted by atomic mass is 9.94. The monoisotopic (exact) mass is 393 g/mol. The summed E-state index contributed by atoms with van der Waals surface area (Å²) in [6.45, 7) is 8.57. The van der Waals surface area contributed by atoms with E-state index in [1.807, 2.05) is 11.8 Å². The van der Waals surface area contributed by atoms with Crippen molar-refractivity contribution in [3.8, 4) is 0 Å². The molecule has 150 valence electrons. The highest BCUT2D eigenvalue weighted by atomic mass is 32.2. The fraction of sp³-hybridized carbons (Fsp3) is 0.650. The van der Waals surface area contributed by atoms with Gasteiger partial charge in [0, 0.05) is 31.2 Å². The molecule has 2 aliphatic rings. The van der Waals surface area contributed by atoms with Gasteiger partial charge in [-0.1, -0.05) is 13.8 Å². The van der Waals surface area contributed by atoms with Gasteiger partial charge in [0.15, 0.2) is 0 Å². The fourth-order valence-corrected chi connectivity index (χ4v) is 6.16. The molecule has 4 atom stereocenters. The summed E-state index contributed by atoms with van der Waals surface area (Å²) in [4.78, 5) is 14.9. The smallest absolute Gasteiger partial charge is 0.254 e. The number of likely N-dealkylation sites (tertiary alicyclic amines) is 1. The standard InChI is InChI=1S/C20H31N3O3S/c1-14-8-15(2)12-22(11-14)27(25,26)19-6-4-18(5-7-19)20(24)23-13-17(10-21)9-16(23)3/h4-7,14-17H,8-13,21H2,1-3H3. The summed E-state index contributed by atoms with van der Waals surface area (Å²) in [7, 11) is -3.52. The summed E-state index contributed by atoms with van der Waals surface area (Å²) in [5.74, 6) is 1.00. The lowest BCUT2D eigenvalue weighted by Gasteiger charge is -2.34. The van der Waals surface area contributed by atoms with Gasteiger partial charge in [-0.2, -0.15) is 4.31 Å². The van der Waals surface area contributed by atoms with E-state index < -0.39 is 10.0 Å². The second-order valence-electron chi connectivity index (χ2n) is 8.44. The Kier molecular flexibility index (Phi) is 5.93. The van der Waals surface area contributed by atoms with Crippen LogP contribution in [0.1, 0.15) is 44.0 Å². The number of hydrogen-bond acceptors (Lipinski definition) is 4. The molecular formula is C20H31N3O3S. The third kappa shape index (κ3) is 4.20. The van der Waals surface area contributed by atoms with E-state index in [1.165, 1.54) is 0 Å². The number of hydrogen-bond donors (Lipinski definition) is 1. The summed E-state index contributed by atoms with van der Waals surface area (Å²) < 4.78 is 27.5. The van der Waals surface area contributed by atoms with Crippen LogP contribution in [-0.2, 0) is 10.0 Å². The van der Waals surface area contributed by atoms with Gasteiger partial charge >= 0.3 is 0 Å². The van der Waals surface area contributed by atoms with Gasteiger partial charge in [0.05, 0.1) is 4.90 Å². The maximum atomic E-state index is 13.0. The summed E-state index contributed by atoms with van der Waals surface area (Å²) in [6, 6.07) is 6.55. The average molecular weight is 394 g/mol. The minimum atomic E-state index is -3.52. The van der Waals surface area contributed by atoms with Crippen molar-refractivity contribution >= 4 is 15.9 Å². The van der Waals surface area contributed by atoms with Crippen LogP contribution in [0.4, 0.5) is 0 Å². The average Bonchev–Trinajstić information content (AvgIpc) is 3.01. The predicted octanol–water partition coefficient (Wildman–Crippen LogP) is 2.16. The zero-order chi connectivity index (χ0) is 19.8. The molecule has 0 spiro atoms. The molecule has 4 unspecified atom stereocenters. The van der Waals surface area contributed by atoms with Crippen LogP contribution in [0.15, 0.2) is 29.2 Å². The van der Waals surface area contributed by atoms with E-state index in [0.717, 1.165) is 12.8 Å². The highest BCUT2D eigenvalue weighted by Crippen LogP contribution is 2.28. The summed E-state index contributed by atoms with van der Waals surface area (Å²) >= 11 is 0. The first kappa shape index (κ1) is 20.3. The molecule has 2 saturated heterocycles. The second kappa shape index (κ2) is 7.89. The van der Waals surface area contributed by atoms with Crippen LogP contribution in [0, 0.1) is 17.8 Å². The van der Waals surface area contributed by atoms with Crippen molar-refractivity contribution in [2.75, 3.05) is 26.2 Å². The van der Waals surface area contributed by atoms with Crippen molar-refractivity contribution in [1.29, 1.82) is 0 Å². The SMILES string of the molecule is CC1CC(C)CN(S(=O)(=O)c2ccc(C(=O)N3CC(CN)CC3C)cc2)C1. The van der Waals surface area contributed by atoms with E-state index in [9.17, 15) is 13.2 Å². The Bertz CT molecular complexity index is 768. The molecule has 1 aromatic carbocycles. The van der Waals surface area contributed by atoms with Crippen LogP contribution in [0.2, 0.25) is 0 Å². The van der Waals surface area contributed by atoms with E-state index >= 15 is 0 Å². The molecule has 0 bridgehead atoms. The molecule has 1 aromatic rings. The van der Waals surface area contributed by atoms with E-state index in [4.69, 9.17) is 5.73 Å². The molecule has 3 rings (SSSR count). The molecule has 2 fully saturated rings. The van der Waals surface area contributed by atoms with Crippen LogP contribution in [0.25, 0.3) is 0 Å².